The Bertz CT molecular complexity index is 2450. The van der Waals surface area contributed by atoms with Gasteiger partial charge in [-0.1, -0.05) is 148 Å². The lowest BCUT2D eigenvalue weighted by Gasteiger charge is -2.32. The van der Waals surface area contributed by atoms with Gasteiger partial charge in [-0.25, -0.2) is 0 Å². The highest BCUT2D eigenvalue weighted by Gasteiger charge is 2.42. The van der Waals surface area contributed by atoms with Crippen LogP contribution in [0.4, 0.5) is 34.1 Å². The smallest absolute Gasteiger partial charge is 0.0465 e. The summed E-state index contributed by atoms with van der Waals surface area (Å²) >= 11 is 0. The quantitative estimate of drug-likeness (QED) is 0.0795. The normalized spacial score (nSPS) is 12.6. The van der Waals surface area contributed by atoms with Crippen molar-refractivity contribution in [2.45, 2.75) is 125 Å². The molecule has 0 fully saturated rings. The van der Waals surface area contributed by atoms with E-state index in [9.17, 15) is 0 Å². The summed E-state index contributed by atoms with van der Waals surface area (Å²) in [6.45, 7) is 16.0. The molecule has 0 aromatic heterocycles. The molecule has 0 N–H and O–H groups in total. The monoisotopic (exact) mass is 829 g/mol. The SMILES string of the molecule is CCCCCCc1cc(C)cc(C2(C)c3cc(N(c4ccc(C)cc4)c4ccc(CCCC)cc4)ccc3-c3ccc(N(c4ccc(C)cc4)c4ccc(CCCC)cc4)cc32)c1. The molecule has 7 aromatic rings. The van der Waals surface area contributed by atoms with Gasteiger partial charge in [-0.15, -0.1) is 0 Å². The zero-order valence-electron chi connectivity index (χ0n) is 39.1. The van der Waals surface area contributed by atoms with Crippen molar-refractivity contribution < 1.29 is 0 Å². The standard InChI is InChI=1S/C61H68N2/c1-8-11-14-15-18-49-39-46(6)40-50(41-49)61(7)59-42-55(62(51-27-19-44(4)20-28-51)53-31-23-47(24-32-53)16-12-9-2)35-37-57(59)58-38-36-56(43-60(58)61)63(52-29-21-45(5)22-30-52)54-33-25-48(26-34-54)17-13-10-3/h19-43H,8-18H2,1-7H3. The lowest BCUT2D eigenvalue weighted by molar-refractivity contribution is 0.663. The first-order valence-corrected chi connectivity index (χ1v) is 24.0. The topological polar surface area (TPSA) is 6.48 Å². The van der Waals surface area contributed by atoms with Crippen molar-refractivity contribution >= 4 is 34.1 Å². The third kappa shape index (κ3) is 9.42. The highest BCUT2D eigenvalue weighted by Crippen LogP contribution is 2.55. The molecule has 0 aliphatic heterocycles. The number of anilines is 6. The summed E-state index contributed by atoms with van der Waals surface area (Å²) in [4.78, 5) is 4.91. The third-order valence-electron chi connectivity index (χ3n) is 13.5. The number of fused-ring (bicyclic) bond motifs is 3. The molecule has 0 unspecified atom stereocenters. The zero-order chi connectivity index (χ0) is 43.9. The molecule has 0 saturated heterocycles. The Labute approximate surface area is 379 Å². The van der Waals surface area contributed by atoms with Crippen LogP contribution in [0.5, 0.6) is 0 Å². The molecule has 1 aliphatic carbocycles. The van der Waals surface area contributed by atoms with Gasteiger partial charge in [0.15, 0.2) is 0 Å². The lowest BCUT2D eigenvalue weighted by Crippen LogP contribution is -2.24. The summed E-state index contributed by atoms with van der Waals surface area (Å²) in [5.41, 5.74) is 21.4. The van der Waals surface area contributed by atoms with Gasteiger partial charge in [0.2, 0.25) is 0 Å². The summed E-state index contributed by atoms with van der Waals surface area (Å²) in [5, 5.41) is 0. The molecule has 2 heteroatoms. The molecule has 0 radical (unpaired) electrons. The first-order valence-electron chi connectivity index (χ1n) is 24.0. The summed E-state index contributed by atoms with van der Waals surface area (Å²) in [6.07, 6.45) is 13.2. The van der Waals surface area contributed by atoms with Crippen LogP contribution in [0.3, 0.4) is 0 Å². The molecule has 1 aliphatic rings. The van der Waals surface area contributed by atoms with E-state index in [1.54, 1.807) is 0 Å². The first kappa shape index (κ1) is 43.8. The second kappa shape index (κ2) is 19.7. The Hall–Kier alpha value is -5.86. The third-order valence-corrected chi connectivity index (χ3v) is 13.5. The Balaban J connectivity index is 1.30. The minimum Gasteiger partial charge on any atom is -0.310 e. The van der Waals surface area contributed by atoms with Gasteiger partial charge in [0.1, 0.15) is 0 Å². The number of aryl methyl sites for hydroxylation is 6. The summed E-state index contributed by atoms with van der Waals surface area (Å²) in [6, 6.07) is 58.6. The Kier molecular flexibility index (Phi) is 13.7. The second-order valence-corrected chi connectivity index (χ2v) is 18.5. The second-order valence-electron chi connectivity index (χ2n) is 18.5. The molecule has 0 heterocycles. The van der Waals surface area contributed by atoms with E-state index in [1.165, 1.54) is 147 Å². The van der Waals surface area contributed by atoms with Crippen LogP contribution in [0.1, 0.15) is 129 Å². The summed E-state index contributed by atoms with van der Waals surface area (Å²) in [7, 11) is 0. The first-order chi connectivity index (χ1) is 30.7. The molecule has 0 saturated carbocycles. The van der Waals surface area contributed by atoms with E-state index in [1.807, 2.05) is 0 Å². The van der Waals surface area contributed by atoms with Crippen molar-refractivity contribution in [1.82, 2.24) is 0 Å². The number of hydrogen-bond acceptors (Lipinski definition) is 2. The largest absolute Gasteiger partial charge is 0.310 e. The maximum absolute atomic E-state index is 2.54. The molecular formula is C61H68N2. The fraction of sp³-hybridized carbons (Fsp3) is 0.311. The van der Waals surface area contributed by atoms with E-state index >= 15 is 0 Å². The molecule has 7 aromatic carbocycles. The molecule has 0 spiro atoms. The Morgan fingerprint density at radius 1 is 0.349 bits per heavy atom. The van der Waals surface area contributed by atoms with E-state index in [2.05, 4.69) is 210 Å². The maximum Gasteiger partial charge on any atom is 0.0465 e. The van der Waals surface area contributed by atoms with Crippen molar-refractivity contribution in [1.29, 1.82) is 0 Å². The van der Waals surface area contributed by atoms with Gasteiger partial charge in [0.25, 0.3) is 0 Å². The van der Waals surface area contributed by atoms with E-state index in [4.69, 9.17) is 0 Å². The van der Waals surface area contributed by atoms with Crippen LogP contribution in [-0.4, -0.2) is 0 Å². The number of hydrogen-bond donors (Lipinski definition) is 0. The maximum atomic E-state index is 2.54. The van der Waals surface area contributed by atoms with Crippen molar-refractivity contribution in [3.8, 4) is 11.1 Å². The van der Waals surface area contributed by atoms with Gasteiger partial charge >= 0.3 is 0 Å². The molecule has 322 valence electrons. The Morgan fingerprint density at radius 2 is 0.746 bits per heavy atom. The highest BCUT2D eigenvalue weighted by atomic mass is 15.1. The molecule has 8 rings (SSSR count). The number of rotatable bonds is 18. The van der Waals surface area contributed by atoms with Crippen LogP contribution in [0, 0.1) is 20.8 Å². The van der Waals surface area contributed by atoms with E-state index < -0.39 is 5.41 Å². The highest BCUT2D eigenvalue weighted by molar-refractivity contribution is 5.90. The van der Waals surface area contributed by atoms with E-state index in [0.717, 1.165) is 19.3 Å². The van der Waals surface area contributed by atoms with E-state index in [-0.39, 0.29) is 0 Å². The van der Waals surface area contributed by atoms with Crippen molar-refractivity contribution in [3.63, 3.8) is 0 Å². The van der Waals surface area contributed by atoms with Crippen LogP contribution in [0.2, 0.25) is 0 Å². The fourth-order valence-corrected chi connectivity index (χ4v) is 9.81. The minimum atomic E-state index is -0.410. The lowest BCUT2D eigenvalue weighted by atomic mass is 9.73. The van der Waals surface area contributed by atoms with E-state index in [0.29, 0.717) is 0 Å². The fourth-order valence-electron chi connectivity index (χ4n) is 9.81. The van der Waals surface area contributed by atoms with Gasteiger partial charge in [-0.3, -0.25) is 0 Å². The molecule has 2 nitrogen and oxygen atoms in total. The van der Waals surface area contributed by atoms with Crippen LogP contribution in [0.15, 0.2) is 152 Å². The number of benzene rings is 7. The summed E-state index contributed by atoms with van der Waals surface area (Å²) < 4.78 is 0. The van der Waals surface area contributed by atoms with Gasteiger partial charge in [-0.2, -0.15) is 0 Å². The molecule has 0 bridgehead atoms. The summed E-state index contributed by atoms with van der Waals surface area (Å²) in [5.74, 6) is 0. The van der Waals surface area contributed by atoms with Crippen LogP contribution < -0.4 is 9.80 Å². The predicted octanol–water partition coefficient (Wildman–Crippen LogP) is 17.7. The van der Waals surface area contributed by atoms with Gasteiger partial charge in [-0.05, 0) is 184 Å². The van der Waals surface area contributed by atoms with Crippen molar-refractivity contribution in [2.24, 2.45) is 0 Å². The molecule has 63 heavy (non-hydrogen) atoms. The molecule has 0 atom stereocenters. The number of unbranched alkanes of at least 4 members (excludes halogenated alkanes) is 5. The van der Waals surface area contributed by atoms with Gasteiger partial charge in [0, 0.05) is 39.5 Å². The molecular weight excluding hydrogens is 761 g/mol. The minimum absolute atomic E-state index is 0.410. The van der Waals surface area contributed by atoms with Crippen LogP contribution in [0.25, 0.3) is 11.1 Å². The van der Waals surface area contributed by atoms with Crippen LogP contribution >= 0.6 is 0 Å². The average molecular weight is 829 g/mol. The average Bonchev–Trinajstić information content (AvgIpc) is 3.56. The zero-order valence-corrected chi connectivity index (χ0v) is 39.1. The molecule has 0 amide bonds. The number of nitrogens with zero attached hydrogens (tertiary/aromatic N) is 2. The van der Waals surface area contributed by atoms with Crippen molar-refractivity contribution in [3.05, 3.63) is 202 Å². The predicted molar refractivity (Wildman–Crippen MR) is 273 cm³/mol. The van der Waals surface area contributed by atoms with Crippen molar-refractivity contribution in [2.75, 3.05) is 9.80 Å². The van der Waals surface area contributed by atoms with Gasteiger partial charge < -0.3 is 9.80 Å². The Morgan fingerprint density at radius 3 is 1.17 bits per heavy atom. The van der Waals surface area contributed by atoms with Gasteiger partial charge in [0.05, 0.1) is 0 Å². The van der Waals surface area contributed by atoms with Crippen LogP contribution in [-0.2, 0) is 24.7 Å².